The van der Waals surface area contributed by atoms with Crippen molar-refractivity contribution in [2.24, 2.45) is 5.10 Å². The number of thioether (sulfide) groups is 1. The van der Waals surface area contributed by atoms with Gasteiger partial charge in [0.25, 0.3) is 0 Å². The number of hydrazone groups is 1. The molecule has 1 N–H and O–H groups in total. The van der Waals surface area contributed by atoms with Crippen LogP contribution in [0.1, 0.15) is 25.5 Å². The van der Waals surface area contributed by atoms with Crippen molar-refractivity contribution >= 4 is 34.8 Å². The lowest BCUT2D eigenvalue weighted by Gasteiger charge is -2.07. The van der Waals surface area contributed by atoms with E-state index in [1.165, 1.54) is 11.8 Å². The molecular formula is C14H16ClN5S. The Morgan fingerprint density at radius 2 is 2.19 bits per heavy atom. The fourth-order valence-corrected chi connectivity index (χ4v) is 2.17. The molecule has 0 bridgehead atoms. The Hall–Kier alpha value is -1.66. The molecule has 7 heteroatoms. The van der Waals surface area contributed by atoms with Gasteiger partial charge in [0.1, 0.15) is 5.69 Å². The fourth-order valence-electron chi connectivity index (χ4n) is 1.67. The minimum absolute atomic E-state index is 0.628. The van der Waals surface area contributed by atoms with Crippen LogP contribution >= 0.6 is 23.4 Å². The summed E-state index contributed by atoms with van der Waals surface area (Å²) >= 11 is 7.56. The number of hydrogen-bond acceptors (Lipinski definition) is 6. The van der Waals surface area contributed by atoms with Gasteiger partial charge in [-0.25, -0.2) is 4.98 Å². The first-order valence-electron chi connectivity index (χ1n) is 6.55. The first kappa shape index (κ1) is 15.7. The second-order valence-electron chi connectivity index (χ2n) is 4.23. The summed E-state index contributed by atoms with van der Waals surface area (Å²) in [5.74, 6) is 0. The Balaban J connectivity index is 2.25. The van der Waals surface area contributed by atoms with Gasteiger partial charge in [-0.2, -0.15) is 10.2 Å². The van der Waals surface area contributed by atoms with Crippen molar-refractivity contribution in [1.82, 2.24) is 15.2 Å². The number of rotatable bonds is 6. The lowest BCUT2D eigenvalue weighted by Crippen LogP contribution is -2.09. The largest absolute Gasteiger partial charge is 0.277 e. The van der Waals surface area contributed by atoms with E-state index in [9.17, 15) is 0 Å². The molecule has 0 fully saturated rings. The lowest BCUT2D eigenvalue weighted by molar-refractivity contribution is 0.828. The molecular weight excluding hydrogens is 306 g/mol. The van der Waals surface area contributed by atoms with E-state index in [1.807, 2.05) is 30.5 Å². The molecule has 1 aromatic carbocycles. The van der Waals surface area contributed by atoms with E-state index in [0.29, 0.717) is 10.2 Å². The molecule has 0 unspecified atom stereocenters. The third kappa shape index (κ3) is 4.41. The van der Waals surface area contributed by atoms with Crippen LogP contribution in [0.5, 0.6) is 0 Å². The van der Waals surface area contributed by atoms with E-state index >= 15 is 0 Å². The summed E-state index contributed by atoms with van der Waals surface area (Å²) in [6, 6.07) is 7.47. The van der Waals surface area contributed by atoms with E-state index in [4.69, 9.17) is 11.6 Å². The van der Waals surface area contributed by atoms with Gasteiger partial charge in [0.15, 0.2) is 0 Å². The van der Waals surface area contributed by atoms with E-state index in [2.05, 4.69) is 32.6 Å². The van der Waals surface area contributed by atoms with Crippen molar-refractivity contribution in [3.05, 3.63) is 41.2 Å². The predicted molar refractivity (Wildman–Crippen MR) is 88.1 cm³/mol. The van der Waals surface area contributed by atoms with Gasteiger partial charge in [0, 0.05) is 0 Å². The Morgan fingerprint density at radius 3 is 2.90 bits per heavy atom. The highest BCUT2D eigenvalue weighted by Gasteiger charge is 2.08. The third-order valence-corrected chi connectivity index (χ3v) is 3.56. The Kier molecular flexibility index (Phi) is 5.95. The highest BCUT2D eigenvalue weighted by Crippen LogP contribution is 2.20. The highest BCUT2D eigenvalue weighted by atomic mass is 35.5. The molecule has 0 saturated carbocycles. The molecule has 2 rings (SSSR count). The second kappa shape index (κ2) is 7.95. The predicted octanol–water partition coefficient (Wildman–Crippen LogP) is 3.86. The van der Waals surface area contributed by atoms with E-state index in [0.717, 1.165) is 29.9 Å². The summed E-state index contributed by atoms with van der Waals surface area (Å²) in [5.41, 5.74) is 5.33. The molecule has 0 amide bonds. The summed E-state index contributed by atoms with van der Waals surface area (Å²) in [4.78, 5) is 4.43. The minimum Gasteiger partial charge on any atom is -0.277 e. The van der Waals surface area contributed by atoms with Gasteiger partial charge >= 0.3 is 0 Å². The average molecular weight is 322 g/mol. The summed E-state index contributed by atoms with van der Waals surface area (Å²) in [6.45, 7) is 2.09. The topological polar surface area (TPSA) is 63.1 Å². The molecule has 0 atom stereocenters. The summed E-state index contributed by atoms with van der Waals surface area (Å²) < 4.78 is 0. The molecule has 0 aliphatic rings. The molecule has 5 nitrogen and oxygen atoms in total. The summed E-state index contributed by atoms with van der Waals surface area (Å²) in [7, 11) is 0. The van der Waals surface area contributed by atoms with Crippen LogP contribution in [0.15, 0.2) is 40.7 Å². The van der Waals surface area contributed by atoms with Crippen LogP contribution in [-0.2, 0) is 0 Å². The van der Waals surface area contributed by atoms with Crippen molar-refractivity contribution in [2.75, 3.05) is 11.7 Å². The van der Waals surface area contributed by atoms with Crippen molar-refractivity contribution < 1.29 is 0 Å². The lowest BCUT2D eigenvalue weighted by atomic mass is 10.2. The number of anilines is 1. The van der Waals surface area contributed by atoms with Crippen LogP contribution in [-0.4, -0.2) is 27.1 Å². The number of aromatic nitrogens is 3. The SMILES string of the molecule is CCC/C(=N\Nc1ccccc1Cl)c1cnnc(SC)n1. The van der Waals surface area contributed by atoms with E-state index < -0.39 is 0 Å². The standard InChI is InChI=1S/C14H16ClN5S/c1-3-6-12(13-9-16-20-14(17-13)21-2)19-18-11-8-5-4-7-10(11)15/h4-5,7-9,18H,3,6H2,1-2H3/b19-12+. The van der Waals surface area contributed by atoms with Crippen molar-refractivity contribution in [1.29, 1.82) is 0 Å². The van der Waals surface area contributed by atoms with Crippen LogP contribution in [0.25, 0.3) is 0 Å². The molecule has 110 valence electrons. The third-order valence-electron chi connectivity index (χ3n) is 2.69. The Morgan fingerprint density at radius 1 is 1.38 bits per heavy atom. The first-order chi connectivity index (χ1) is 10.2. The van der Waals surface area contributed by atoms with E-state index in [-0.39, 0.29) is 0 Å². The van der Waals surface area contributed by atoms with Gasteiger partial charge < -0.3 is 0 Å². The molecule has 21 heavy (non-hydrogen) atoms. The Bertz CT molecular complexity index is 632. The Labute approximate surface area is 133 Å². The maximum Gasteiger partial charge on any atom is 0.209 e. The van der Waals surface area contributed by atoms with E-state index in [1.54, 1.807) is 6.20 Å². The van der Waals surface area contributed by atoms with Crippen LogP contribution in [0.3, 0.4) is 0 Å². The zero-order valence-electron chi connectivity index (χ0n) is 11.9. The smallest absolute Gasteiger partial charge is 0.209 e. The zero-order valence-corrected chi connectivity index (χ0v) is 13.4. The van der Waals surface area contributed by atoms with Gasteiger partial charge in [-0.1, -0.05) is 48.8 Å². The average Bonchev–Trinajstić information content (AvgIpc) is 2.53. The summed E-state index contributed by atoms with van der Waals surface area (Å²) in [6.07, 6.45) is 5.30. The van der Waals surface area contributed by atoms with Crippen LogP contribution in [0.4, 0.5) is 5.69 Å². The van der Waals surface area contributed by atoms with Gasteiger partial charge in [0.2, 0.25) is 5.16 Å². The van der Waals surface area contributed by atoms with Crippen LogP contribution in [0.2, 0.25) is 5.02 Å². The van der Waals surface area contributed by atoms with Crippen LogP contribution in [0, 0.1) is 0 Å². The number of para-hydroxylation sites is 1. The molecule has 0 spiro atoms. The summed E-state index contributed by atoms with van der Waals surface area (Å²) in [5, 5.41) is 13.6. The zero-order chi connectivity index (χ0) is 15.1. The highest BCUT2D eigenvalue weighted by molar-refractivity contribution is 7.98. The monoisotopic (exact) mass is 321 g/mol. The molecule has 0 saturated heterocycles. The van der Waals surface area contributed by atoms with Gasteiger partial charge in [-0.05, 0) is 24.8 Å². The van der Waals surface area contributed by atoms with Crippen LogP contribution < -0.4 is 5.43 Å². The number of halogens is 1. The molecule has 0 radical (unpaired) electrons. The number of hydrogen-bond donors (Lipinski definition) is 1. The normalized spacial score (nSPS) is 11.5. The molecule has 2 aromatic rings. The van der Waals surface area contributed by atoms with Gasteiger partial charge in [0.05, 0.1) is 22.6 Å². The van der Waals surface area contributed by atoms with Crippen molar-refractivity contribution in [3.8, 4) is 0 Å². The van der Waals surface area contributed by atoms with Crippen molar-refractivity contribution in [2.45, 2.75) is 24.9 Å². The molecule has 0 aliphatic carbocycles. The van der Waals surface area contributed by atoms with Crippen molar-refractivity contribution in [3.63, 3.8) is 0 Å². The number of nitrogens with one attached hydrogen (secondary N) is 1. The van der Waals surface area contributed by atoms with Gasteiger partial charge in [-0.15, -0.1) is 5.10 Å². The molecule has 1 heterocycles. The number of nitrogens with zero attached hydrogens (tertiary/aromatic N) is 4. The molecule has 0 aliphatic heterocycles. The number of benzene rings is 1. The van der Waals surface area contributed by atoms with Gasteiger partial charge in [-0.3, -0.25) is 5.43 Å². The first-order valence-corrected chi connectivity index (χ1v) is 8.16. The molecule has 1 aromatic heterocycles. The fraction of sp³-hybridized carbons (Fsp3) is 0.286. The maximum absolute atomic E-state index is 6.11. The maximum atomic E-state index is 6.11. The minimum atomic E-state index is 0.628. The quantitative estimate of drug-likeness (QED) is 0.497. The second-order valence-corrected chi connectivity index (χ2v) is 5.41.